The number of nitrogens with zero attached hydrogens (tertiary/aromatic N) is 2. The van der Waals surface area contributed by atoms with Gasteiger partial charge in [0.2, 0.25) is 0 Å². The summed E-state index contributed by atoms with van der Waals surface area (Å²) in [6.07, 6.45) is 0.431. The molecular formula is C14H13N3O2S. The molecule has 0 bridgehead atoms. The fourth-order valence-corrected chi connectivity index (χ4v) is 2.04. The molecule has 0 saturated heterocycles. The molecule has 1 aromatic heterocycles. The lowest BCUT2D eigenvalue weighted by atomic mass is 10.1. The van der Waals surface area contributed by atoms with E-state index in [2.05, 4.69) is 26.7 Å². The first-order valence-electron chi connectivity index (χ1n) is 5.99. The van der Waals surface area contributed by atoms with Crippen molar-refractivity contribution in [3.63, 3.8) is 0 Å². The number of hydrogen-bond donors (Lipinski definition) is 2. The first-order valence-corrected chi connectivity index (χ1v) is 6.82. The molecule has 0 aliphatic carbocycles. The molecule has 2 rings (SSSR count). The predicted molar refractivity (Wildman–Crippen MR) is 77.6 cm³/mol. The Morgan fingerprint density at radius 1 is 1.45 bits per heavy atom. The largest absolute Gasteiger partial charge is 0.395 e. The fraction of sp³-hybridized carbons (Fsp3) is 0.214. The number of aromatic nitrogens is 2. The lowest BCUT2D eigenvalue weighted by molar-refractivity contribution is 0.102. The third-order valence-electron chi connectivity index (χ3n) is 2.40. The molecule has 1 amide bonds. The topological polar surface area (TPSA) is 75.1 Å². The second-order valence-corrected chi connectivity index (χ2v) is 4.72. The number of aryl methyl sites for hydroxylation is 1. The van der Waals surface area contributed by atoms with Crippen LogP contribution in [0.2, 0.25) is 0 Å². The third-order valence-corrected chi connectivity index (χ3v) is 2.90. The average Bonchev–Trinajstić information content (AvgIpc) is 2.92. The molecule has 0 aliphatic heterocycles. The van der Waals surface area contributed by atoms with Gasteiger partial charge in [0.1, 0.15) is 0 Å². The van der Waals surface area contributed by atoms with E-state index in [4.69, 9.17) is 5.11 Å². The van der Waals surface area contributed by atoms with Crippen LogP contribution in [0.4, 0.5) is 5.69 Å². The molecule has 0 fully saturated rings. The van der Waals surface area contributed by atoms with E-state index in [1.54, 1.807) is 11.4 Å². The normalized spacial score (nSPS) is 9.70. The van der Waals surface area contributed by atoms with Crippen LogP contribution in [0.25, 0.3) is 0 Å². The van der Waals surface area contributed by atoms with Crippen LogP contribution in [-0.2, 0) is 0 Å². The van der Waals surface area contributed by atoms with Crippen molar-refractivity contribution in [1.29, 1.82) is 0 Å². The number of carbonyl (C=O) groups is 1. The van der Waals surface area contributed by atoms with Crippen LogP contribution >= 0.6 is 11.5 Å². The monoisotopic (exact) mass is 287 g/mol. The molecule has 2 aromatic rings. The van der Waals surface area contributed by atoms with Gasteiger partial charge in [-0.05, 0) is 42.2 Å². The third kappa shape index (κ3) is 3.88. The van der Waals surface area contributed by atoms with Gasteiger partial charge in [-0.3, -0.25) is 4.79 Å². The molecule has 2 N–H and O–H groups in total. The van der Waals surface area contributed by atoms with Crippen LogP contribution in [0.15, 0.2) is 23.6 Å². The number of rotatable bonds is 3. The number of carbonyl (C=O) groups excluding carboxylic acids is 1. The van der Waals surface area contributed by atoms with E-state index in [1.807, 2.05) is 19.1 Å². The van der Waals surface area contributed by atoms with Gasteiger partial charge < -0.3 is 10.4 Å². The Morgan fingerprint density at radius 2 is 2.30 bits per heavy atom. The highest BCUT2D eigenvalue weighted by molar-refractivity contribution is 7.03. The van der Waals surface area contributed by atoms with E-state index in [0.717, 1.165) is 22.7 Å². The zero-order chi connectivity index (χ0) is 14.4. The number of benzene rings is 1. The van der Waals surface area contributed by atoms with Crippen molar-refractivity contribution >= 4 is 23.1 Å². The van der Waals surface area contributed by atoms with Gasteiger partial charge in [-0.2, -0.15) is 0 Å². The average molecular weight is 287 g/mol. The summed E-state index contributed by atoms with van der Waals surface area (Å²) in [4.78, 5) is 11.9. The fourth-order valence-electron chi connectivity index (χ4n) is 1.61. The number of hydrogen-bond acceptors (Lipinski definition) is 5. The van der Waals surface area contributed by atoms with E-state index >= 15 is 0 Å². The van der Waals surface area contributed by atoms with Crippen LogP contribution in [-0.4, -0.2) is 27.2 Å². The first kappa shape index (κ1) is 14.2. The standard InChI is InChI=1S/C14H13N3O2S/c1-10-6-11(4-2-3-5-18)8-12(7-10)15-14(19)13-9-20-17-16-13/h6-9,18H,3,5H2,1H3,(H,15,19). The van der Waals surface area contributed by atoms with E-state index in [-0.39, 0.29) is 12.5 Å². The summed E-state index contributed by atoms with van der Waals surface area (Å²) >= 11 is 1.13. The highest BCUT2D eigenvalue weighted by atomic mass is 32.1. The molecular weight excluding hydrogens is 274 g/mol. The maximum absolute atomic E-state index is 11.9. The molecule has 0 saturated carbocycles. The molecule has 20 heavy (non-hydrogen) atoms. The van der Waals surface area contributed by atoms with E-state index in [1.165, 1.54) is 0 Å². The molecule has 0 aliphatic rings. The summed E-state index contributed by atoms with van der Waals surface area (Å²) in [5, 5.41) is 16.8. The number of aliphatic hydroxyl groups is 1. The van der Waals surface area contributed by atoms with Crippen LogP contribution in [0, 0.1) is 18.8 Å². The van der Waals surface area contributed by atoms with Crippen molar-refractivity contribution in [2.75, 3.05) is 11.9 Å². The van der Waals surface area contributed by atoms with E-state index in [9.17, 15) is 4.79 Å². The second-order valence-electron chi connectivity index (χ2n) is 4.11. The zero-order valence-corrected chi connectivity index (χ0v) is 11.7. The maximum atomic E-state index is 11.9. The Labute approximate surface area is 120 Å². The summed E-state index contributed by atoms with van der Waals surface area (Å²) < 4.78 is 3.65. The van der Waals surface area contributed by atoms with Gasteiger partial charge in [0.05, 0.1) is 6.61 Å². The van der Waals surface area contributed by atoms with Crippen molar-refractivity contribution in [2.24, 2.45) is 0 Å². The Morgan fingerprint density at radius 3 is 3.00 bits per heavy atom. The van der Waals surface area contributed by atoms with E-state index < -0.39 is 0 Å². The molecule has 102 valence electrons. The quantitative estimate of drug-likeness (QED) is 0.845. The molecule has 6 heteroatoms. The van der Waals surface area contributed by atoms with Crippen molar-refractivity contribution in [3.8, 4) is 11.8 Å². The minimum absolute atomic E-state index is 0.0409. The van der Waals surface area contributed by atoms with Crippen molar-refractivity contribution < 1.29 is 9.90 Å². The predicted octanol–water partition coefficient (Wildman–Crippen LogP) is 1.83. The molecule has 0 radical (unpaired) electrons. The minimum Gasteiger partial charge on any atom is -0.395 e. The number of nitrogens with one attached hydrogen (secondary N) is 1. The molecule has 5 nitrogen and oxygen atoms in total. The number of aliphatic hydroxyl groups excluding tert-OH is 1. The highest BCUT2D eigenvalue weighted by Gasteiger charge is 2.09. The minimum atomic E-state index is -0.293. The zero-order valence-electron chi connectivity index (χ0n) is 10.9. The van der Waals surface area contributed by atoms with Crippen molar-refractivity contribution in [2.45, 2.75) is 13.3 Å². The van der Waals surface area contributed by atoms with Gasteiger partial charge >= 0.3 is 0 Å². The van der Waals surface area contributed by atoms with Gasteiger partial charge in [0, 0.05) is 23.1 Å². The van der Waals surface area contributed by atoms with Crippen LogP contribution < -0.4 is 5.32 Å². The highest BCUT2D eigenvalue weighted by Crippen LogP contribution is 2.15. The Bertz CT molecular complexity index is 657. The lowest BCUT2D eigenvalue weighted by Gasteiger charge is -2.05. The van der Waals surface area contributed by atoms with Crippen molar-refractivity contribution in [1.82, 2.24) is 9.59 Å². The van der Waals surface area contributed by atoms with Gasteiger partial charge in [0.15, 0.2) is 5.69 Å². The Kier molecular flexibility index (Phi) is 4.82. The summed E-state index contributed by atoms with van der Waals surface area (Å²) in [7, 11) is 0. The molecule has 0 atom stereocenters. The van der Waals surface area contributed by atoms with Gasteiger partial charge in [-0.1, -0.05) is 16.3 Å². The number of anilines is 1. The van der Waals surface area contributed by atoms with Gasteiger partial charge in [-0.25, -0.2) is 0 Å². The summed E-state index contributed by atoms with van der Waals surface area (Å²) in [5.74, 6) is 5.51. The van der Waals surface area contributed by atoms with E-state index in [0.29, 0.717) is 17.8 Å². The summed E-state index contributed by atoms with van der Waals surface area (Å²) in [6, 6.07) is 5.56. The van der Waals surface area contributed by atoms with Gasteiger partial charge in [0.25, 0.3) is 5.91 Å². The molecule has 1 heterocycles. The van der Waals surface area contributed by atoms with Crippen LogP contribution in [0.3, 0.4) is 0 Å². The first-order chi connectivity index (χ1) is 9.69. The van der Waals surface area contributed by atoms with Gasteiger partial charge in [-0.15, -0.1) is 5.10 Å². The molecule has 0 spiro atoms. The SMILES string of the molecule is Cc1cc(C#CCCO)cc(NC(=O)c2csnn2)c1. The smallest absolute Gasteiger partial charge is 0.277 e. The molecule has 1 aromatic carbocycles. The Balaban J connectivity index is 2.16. The van der Waals surface area contributed by atoms with Crippen LogP contribution in [0.1, 0.15) is 28.0 Å². The maximum Gasteiger partial charge on any atom is 0.277 e. The lowest BCUT2D eigenvalue weighted by Crippen LogP contribution is -2.12. The van der Waals surface area contributed by atoms with Crippen LogP contribution in [0.5, 0.6) is 0 Å². The van der Waals surface area contributed by atoms with Crippen molar-refractivity contribution in [3.05, 3.63) is 40.4 Å². The molecule has 0 unspecified atom stereocenters. The summed E-state index contributed by atoms with van der Waals surface area (Å²) in [6.45, 7) is 1.97. The summed E-state index contributed by atoms with van der Waals surface area (Å²) in [5.41, 5.74) is 2.75. The number of amides is 1. The second kappa shape index (κ2) is 6.80. The Hall–Kier alpha value is -2.23.